The van der Waals surface area contributed by atoms with Crippen molar-refractivity contribution in [1.29, 1.82) is 0 Å². The minimum absolute atomic E-state index is 0.141. The summed E-state index contributed by atoms with van der Waals surface area (Å²) in [4.78, 5) is 4.84. The topological polar surface area (TPSA) is 12.4 Å². The maximum Gasteiger partial charge on any atom is 0.0643 e. The minimum atomic E-state index is -0.141. The average Bonchev–Trinajstić information content (AvgIpc) is 2.49. The van der Waals surface area contributed by atoms with Crippen LogP contribution in [-0.4, -0.2) is 11.6 Å². The predicted octanol–water partition coefficient (Wildman–Crippen LogP) is 4.94. The van der Waals surface area contributed by atoms with Crippen molar-refractivity contribution in [3.8, 4) is 0 Å². The highest BCUT2D eigenvalue weighted by molar-refractivity contribution is 6.21. The van der Waals surface area contributed by atoms with E-state index in [9.17, 15) is 0 Å². The zero-order valence-electron chi connectivity index (χ0n) is 12.0. The van der Waals surface area contributed by atoms with Crippen molar-refractivity contribution < 1.29 is 0 Å². The molecule has 2 heteroatoms. The van der Waals surface area contributed by atoms with Crippen molar-refractivity contribution in [2.75, 3.05) is 5.88 Å². The molecule has 0 heterocycles. The van der Waals surface area contributed by atoms with Gasteiger partial charge in [0.1, 0.15) is 0 Å². The Balaban J connectivity index is 2.32. The van der Waals surface area contributed by atoms with E-state index in [0.717, 1.165) is 11.3 Å². The van der Waals surface area contributed by atoms with Crippen molar-refractivity contribution in [2.45, 2.75) is 20.4 Å². The summed E-state index contributed by atoms with van der Waals surface area (Å²) in [7, 11) is 0. The van der Waals surface area contributed by atoms with Crippen LogP contribution in [0.25, 0.3) is 0 Å². The molecule has 2 aromatic carbocycles. The molecule has 1 nitrogen and oxygen atoms in total. The molecule has 0 fully saturated rings. The third-order valence-electron chi connectivity index (χ3n) is 3.28. The number of alkyl halides is 1. The van der Waals surface area contributed by atoms with Crippen molar-refractivity contribution in [1.82, 2.24) is 0 Å². The van der Waals surface area contributed by atoms with E-state index in [4.69, 9.17) is 16.6 Å². The molecule has 0 amide bonds. The largest absolute Gasteiger partial charge is 0.284 e. The van der Waals surface area contributed by atoms with Crippen LogP contribution >= 0.6 is 11.6 Å². The molecule has 2 aromatic rings. The molecule has 0 atom stereocenters. The normalized spacial score (nSPS) is 12.4. The van der Waals surface area contributed by atoms with Gasteiger partial charge in [0.15, 0.2) is 0 Å². The summed E-state index contributed by atoms with van der Waals surface area (Å²) >= 11 is 6.14. The zero-order chi connectivity index (χ0) is 14.4. The van der Waals surface area contributed by atoms with Gasteiger partial charge in [-0.05, 0) is 11.1 Å². The van der Waals surface area contributed by atoms with Crippen molar-refractivity contribution in [2.24, 2.45) is 10.4 Å². The second kappa shape index (κ2) is 6.71. The summed E-state index contributed by atoms with van der Waals surface area (Å²) in [5.41, 5.74) is 3.29. The van der Waals surface area contributed by atoms with E-state index in [1.165, 1.54) is 5.56 Å². The van der Waals surface area contributed by atoms with Gasteiger partial charge in [-0.25, -0.2) is 0 Å². The highest BCUT2D eigenvalue weighted by Gasteiger charge is 2.25. The Morgan fingerprint density at radius 1 is 0.950 bits per heavy atom. The van der Waals surface area contributed by atoms with Crippen LogP contribution < -0.4 is 0 Å². The maximum absolute atomic E-state index is 6.14. The Morgan fingerprint density at radius 3 is 2.05 bits per heavy atom. The van der Waals surface area contributed by atoms with Crippen LogP contribution in [0.3, 0.4) is 0 Å². The molecule has 0 bridgehead atoms. The lowest BCUT2D eigenvalue weighted by molar-refractivity contribution is 0.596. The Hall–Kier alpha value is -1.60. The van der Waals surface area contributed by atoms with Gasteiger partial charge in [-0.3, -0.25) is 4.99 Å². The lowest BCUT2D eigenvalue weighted by Crippen LogP contribution is -2.27. The van der Waals surface area contributed by atoms with E-state index in [2.05, 4.69) is 38.1 Å². The summed E-state index contributed by atoms with van der Waals surface area (Å²) in [6.07, 6.45) is 0. The van der Waals surface area contributed by atoms with Gasteiger partial charge in [-0.2, -0.15) is 0 Å². The third-order valence-corrected chi connectivity index (χ3v) is 3.95. The predicted molar refractivity (Wildman–Crippen MR) is 87.6 cm³/mol. The molecule has 0 spiro atoms. The number of benzene rings is 2. The molecule has 0 aliphatic carbocycles. The smallest absolute Gasteiger partial charge is 0.0643 e. The van der Waals surface area contributed by atoms with Crippen LogP contribution in [0, 0.1) is 5.41 Å². The summed E-state index contributed by atoms with van der Waals surface area (Å²) in [6.45, 7) is 4.96. The molecular weight excluding hydrogens is 266 g/mol. The van der Waals surface area contributed by atoms with Gasteiger partial charge in [0.25, 0.3) is 0 Å². The molecule has 0 N–H and O–H groups in total. The number of hydrogen-bond donors (Lipinski definition) is 0. The Bertz CT molecular complexity index is 558. The zero-order valence-corrected chi connectivity index (χ0v) is 12.8. The van der Waals surface area contributed by atoms with Crippen LogP contribution in [0.5, 0.6) is 0 Å². The van der Waals surface area contributed by atoms with E-state index >= 15 is 0 Å². The fourth-order valence-corrected chi connectivity index (χ4v) is 2.24. The Labute approximate surface area is 126 Å². The van der Waals surface area contributed by atoms with Gasteiger partial charge in [0.2, 0.25) is 0 Å². The SMILES string of the molecule is CC(C)(CCl)C(=NCc1ccccc1)c1ccccc1. The van der Waals surface area contributed by atoms with Gasteiger partial charge >= 0.3 is 0 Å². The second-order valence-corrected chi connectivity index (χ2v) is 5.80. The molecule has 0 aromatic heterocycles. The number of halogens is 1. The van der Waals surface area contributed by atoms with Gasteiger partial charge < -0.3 is 0 Å². The Kier molecular flexibility index (Phi) is 4.97. The first-order chi connectivity index (χ1) is 9.63. The monoisotopic (exact) mass is 285 g/mol. The van der Waals surface area contributed by atoms with Crippen LogP contribution in [0.15, 0.2) is 65.7 Å². The maximum atomic E-state index is 6.14. The summed E-state index contributed by atoms with van der Waals surface area (Å²) in [5.74, 6) is 0.551. The summed E-state index contributed by atoms with van der Waals surface area (Å²) in [6, 6.07) is 20.6. The van der Waals surface area contributed by atoms with Gasteiger partial charge in [0.05, 0.1) is 6.54 Å². The van der Waals surface area contributed by atoms with Crippen molar-refractivity contribution >= 4 is 17.3 Å². The first-order valence-electron chi connectivity index (χ1n) is 6.84. The van der Waals surface area contributed by atoms with Crippen LogP contribution in [0.4, 0.5) is 0 Å². The van der Waals surface area contributed by atoms with Gasteiger partial charge in [-0.1, -0.05) is 74.5 Å². The fraction of sp³-hybridized carbons (Fsp3) is 0.278. The van der Waals surface area contributed by atoms with Crippen molar-refractivity contribution in [3.63, 3.8) is 0 Å². The van der Waals surface area contributed by atoms with E-state index in [1.54, 1.807) is 0 Å². The Morgan fingerprint density at radius 2 is 1.50 bits per heavy atom. The van der Waals surface area contributed by atoms with E-state index in [0.29, 0.717) is 12.4 Å². The summed E-state index contributed by atoms with van der Waals surface area (Å²) in [5, 5.41) is 0. The van der Waals surface area contributed by atoms with Gasteiger partial charge in [0, 0.05) is 17.0 Å². The molecule has 104 valence electrons. The van der Waals surface area contributed by atoms with Gasteiger partial charge in [-0.15, -0.1) is 11.6 Å². The number of aliphatic imine (C=N–C) groups is 1. The number of rotatable bonds is 5. The first kappa shape index (κ1) is 14.8. The highest BCUT2D eigenvalue weighted by Crippen LogP contribution is 2.25. The lowest BCUT2D eigenvalue weighted by atomic mass is 9.85. The molecule has 0 saturated carbocycles. The third kappa shape index (κ3) is 3.71. The quantitative estimate of drug-likeness (QED) is 0.545. The molecule has 0 radical (unpaired) electrons. The van der Waals surface area contributed by atoms with Crippen LogP contribution in [-0.2, 0) is 6.54 Å². The molecule has 0 saturated heterocycles. The first-order valence-corrected chi connectivity index (χ1v) is 7.37. The molecule has 0 unspecified atom stereocenters. The van der Waals surface area contributed by atoms with Crippen LogP contribution in [0.1, 0.15) is 25.0 Å². The van der Waals surface area contributed by atoms with E-state index in [1.807, 2.05) is 36.4 Å². The molecule has 0 aliphatic heterocycles. The van der Waals surface area contributed by atoms with E-state index < -0.39 is 0 Å². The standard InChI is InChI=1S/C18H20ClN/c1-18(2,14-19)17(16-11-7-4-8-12-16)20-13-15-9-5-3-6-10-15/h3-12H,13-14H2,1-2H3. The number of nitrogens with zero attached hydrogens (tertiary/aromatic N) is 1. The van der Waals surface area contributed by atoms with Crippen LogP contribution in [0.2, 0.25) is 0 Å². The van der Waals surface area contributed by atoms with E-state index in [-0.39, 0.29) is 5.41 Å². The molecule has 0 aliphatic rings. The molecule has 2 rings (SSSR count). The number of hydrogen-bond acceptors (Lipinski definition) is 1. The average molecular weight is 286 g/mol. The molecular formula is C18H20ClN. The lowest BCUT2D eigenvalue weighted by Gasteiger charge is -2.24. The minimum Gasteiger partial charge on any atom is -0.284 e. The molecule has 20 heavy (non-hydrogen) atoms. The fourth-order valence-electron chi connectivity index (χ4n) is 2.11. The highest BCUT2D eigenvalue weighted by atomic mass is 35.5. The van der Waals surface area contributed by atoms with Crippen molar-refractivity contribution in [3.05, 3.63) is 71.8 Å². The second-order valence-electron chi connectivity index (χ2n) is 5.53. The summed E-state index contributed by atoms with van der Waals surface area (Å²) < 4.78 is 0.